The number of thiocarbonyl (C=S) groups is 1. The average molecular weight is 437 g/mol. The van der Waals surface area contributed by atoms with Gasteiger partial charge in [-0.15, -0.1) is 22.7 Å². The molecule has 1 aliphatic rings. The molecule has 3 aromatic heterocycles. The summed E-state index contributed by atoms with van der Waals surface area (Å²) in [7, 11) is 0. The Bertz CT molecular complexity index is 1130. The molecule has 0 bridgehead atoms. The number of likely N-dealkylation sites (tertiary alicyclic amines) is 1. The average Bonchev–Trinajstić information content (AvgIpc) is 3.47. The molecule has 29 heavy (non-hydrogen) atoms. The Labute approximate surface area is 183 Å². The zero-order valence-electron chi connectivity index (χ0n) is 15.8. The molecule has 1 aromatic carbocycles. The number of rotatable bonds is 3. The second-order valence-electron chi connectivity index (χ2n) is 7.06. The molecule has 1 N–H and O–H groups in total. The molecule has 4 heterocycles. The van der Waals surface area contributed by atoms with Crippen LogP contribution in [0.4, 0.5) is 5.69 Å². The lowest BCUT2D eigenvalue weighted by atomic mass is 10.1. The molecule has 4 nitrogen and oxygen atoms in total. The summed E-state index contributed by atoms with van der Waals surface area (Å²) in [5.74, 6) is 0. The topological polar surface area (TPSA) is 41.1 Å². The molecule has 0 spiro atoms. The maximum atomic E-state index is 5.63. The highest BCUT2D eigenvalue weighted by Gasteiger charge is 2.16. The van der Waals surface area contributed by atoms with E-state index in [1.807, 2.05) is 18.2 Å². The van der Waals surface area contributed by atoms with Crippen LogP contribution in [0.2, 0.25) is 0 Å². The Morgan fingerprint density at radius 1 is 0.862 bits per heavy atom. The van der Waals surface area contributed by atoms with Gasteiger partial charge in [0, 0.05) is 18.8 Å². The fraction of sp³-hybridized carbons (Fsp3) is 0.227. The van der Waals surface area contributed by atoms with Crippen LogP contribution < -0.4 is 5.32 Å². The fourth-order valence-electron chi connectivity index (χ4n) is 3.60. The van der Waals surface area contributed by atoms with Gasteiger partial charge in [-0.3, -0.25) is 0 Å². The third-order valence-corrected chi connectivity index (χ3v) is 7.18. The standard InChI is InChI=1S/C22H20N4S3/c27-22(26-10-2-1-3-11-26)23-15-8-9-16-17(14-15)25-21(19-7-5-13-29-19)20(24-16)18-6-4-12-28-18/h4-9,12-14H,1-3,10-11H2,(H,23,27). The largest absolute Gasteiger partial charge is 0.349 e. The predicted octanol–water partition coefficient (Wildman–Crippen LogP) is 6.27. The first-order chi connectivity index (χ1) is 14.3. The van der Waals surface area contributed by atoms with Crippen molar-refractivity contribution < 1.29 is 0 Å². The van der Waals surface area contributed by atoms with Crippen molar-refractivity contribution in [3.8, 4) is 21.1 Å². The molecular formula is C22H20N4S3. The minimum Gasteiger partial charge on any atom is -0.349 e. The quantitative estimate of drug-likeness (QED) is 0.383. The predicted molar refractivity (Wildman–Crippen MR) is 128 cm³/mol. The van der Waals surface area contributed by atoms with Crippen molar-refractivity contribution in [1.82, 2.24) is 14.9 Å². The zero-order chi connectivity index (χ0) is 19.6. The lowest BCUT2D eigenvalue weighted by molar-refractivity contribution is 0.346. The van der Waals surface area contributed by atoms with E-state index >= 15 is 0 Å². The van der Waals surface area contributed by atoms with Crippen LogP contribution >= 0.6 is 34.9 Å². The van der Waals surface area contributed by atoms with Crippen molar-refractivity contribution in [1.29, 1.82) is 0 Å². The van der Waals surface area contributed by atoms with Crippen LogP contribution in [0.5, 0.6) is 0 Å². The van der Waals surface area contributed by atoms with Gasteiger partial charge in [-0.1, -0.05) is 12.1 Å². The number of nitrogens with one attached hydrogen (secondary N) is 1. The number of hydrogen-bond donors (Lipinski definition) is 1. The van der Waals surface area contributed by atoms with Gasteiger partial charge in [-0.25, -0.2) is 9.97 Å². The van der Waals surface area contributed by atoms with E-state index in [0.29, 0.717) is 0 Å². The van der Waals surface area contributed by atoms with Crippen LogP contribution in [0.15, 0.2) is 53.2 Å². The SMILES string of the molecule is S=C(Nc1ccc2nc(-c3cccs3)c(-c3cccs3)nc2c1)N1CCCCC1. The third kappa shape index (κ3) is 3.90. The van der Waals surface area contributed by atoms with E-state index in [9.17, 15) is 0 Å². The summed E-state index contributed by atoms with van der Waals surface area (Å²) in [4.78, 5) is 14.5. The number of thiophene rings is 2. The Morgan fingerprint density at radius 2 is 1.52 bits per heavy atom. The molecule has 5 rings (SSSR count). The van der Waals surface area contributed by atoms with Gasteiger partial charge in [0.25, 0.3) is 0 Å². The van der Waals surface area contributed by atoms with Gasteiger partial charge < -0.3 is 10.2 Å². The van der Waals surface area contributed by atoms with Gasteiger partial charge in [0.1, 0.15) is 11.4 Å². The Morgan fingerprint density at radius 3 is 2.14 bits per heavy atom. The molecule has 0 unspecified atom stereocenters. The van der Waals surface area contributed by atoms with Crippen LogP contribution in [-0.4, -0.2) is 33.1 Å². The molecule has 0 saturated carbocycles. The number of fused-ring (bicyclic) bond motifs is 1. The molecule has 0 amide bonds. The van der Waals surface area contributed by atoms with Crippen molar-refractivity contribution in [2.75, 3.05) is 18.4 Å². The first-order valence-electron chi connectivity index (χ1n) is 9.73. The molecule has 0 atom stereocenters. The summed E-state index contributed by atoms with van der Waals surface area (Å²) < 4.78 is 0. The monoisotopic (exact) mass is 436 g/mol. The maximum absolute atomic E-state index is 5.63. The number of hydrogen-bond acceptors (Lipinski definition) is 5. The fourth-order valence-corrected chi connectivity index (χ4v) is 5.33. The summed E-state index contributed by atoms with van der Waals surface area (Å²) in [6, 6.07) is 14.4. The van der Waals surface area contributed by atoms with Crippen LogP contribution in [0.1, 0.15) is 19.3 Å². The van der Waals surface area contributed by atoms with Crippen molar-refractivity contribution in [2.45, 2.75) is 19.3 Å². The molecular weight excluding hydrogens is 416 g/mol. The second kappa shape index (κ2) is 8.18. The van der Waals surface area contributed by atoms with E-state index in [-0.39, 0.29) is 0 Å². The highest BCUT2D eigenvalue weighted by atomic mass is 32.1. The van der Waals surface area contributed by atoms with Crippen molar-refractivity contribution in [3.05, 3.63) is 53.2 Å². The van der Waals surface area contributed by atoms with E-state index in [0.717, 1.165) is 56.1 Å². The van der Waals surface area contributed by atoms with E-state index in [1.54, 1.807) is 22.7 Å². The molecule has 146 valence electrons. The molecule has 0 aliphatic carbocycles. The lowest BCUT2D eigenvalue weighted by Gasteiger charge is -2.29. The summed E-state index contributed by atoms with van der Waals surface area (Å²) >= 11 is 9.01. The van der Waals surface area contributed by atoms with E-state index in [1.165, 1.54) is 19.3 Å². The number of piperidine rings is 1. The molecule has 1 aliphatic heterocycles. The van der Waals surface area contributed by atoms with Gasteiger partial charge in [-0.2, -0.15) is 0 Å². The number of anilines is 1. The van der Waals surface area contributed by atoms with Crippen LogP contribution in [0, 0.1) is 0 Å². The molecule has 4 aromatic rings. The van der Waals surface area contributed by atoms with E-state index in [2.05, 4.69) is 45.2 Å². The van der Waals surface area contributed by atoms with Gasteiger partial charge in [0.15, 0.2) is 5.11 Å². The maximum Gasteiger partial charge on any atom is 0.173 e. The van der Waals surface area contributed by atoms with Crippen molar-refractivity contribution >= 4 is 56.7 Å². The molecule has 1 fully saturated rings. The lowest BCUT2D eigenvalue weighted by Crippen LogP contribution is -2.38. The Kier molecular flexibility index (Phi) is 5.26. The van der Waals surface area contributed by atoms with Gasteiger partial charge in [0.2, 0.25) is 0 Å². The number of nitrogens with zero attached hydrogens (tertiary/aromatic N) is 3. The molecule has 0 radical (unpaired) electrons. The van der Waals surface area contributed by atoms with Crippen molar-refractivity contribution in [2.24, 2.45) is 0 Å². The van der Waals surface area contributed by atoms with Gasteiger partial charge >= 0.3 is 0 Å². The van der Waals surface area contributed by atoms with Gasteiger partial charge in [-0.05, 0) is 72.6 Å². The first-order valence-corrected chi connectivity index (χ1v) is 11.9. The smallest absolute Gasteiger partial charge is 0.173 e. The molecule has 1 saturated heterocycles. The summed E-state index contributed by atoms with van der Waals surface area (Å²) in [6.45, 7) is 2.07. The molecule has 7 heteroatoms. The minimum atomic E-state index is 0.797. The van der Waals surface area contributed by atoms with Crippen molar-refractivity contribution in [3.63, 3.8) is 0 Å². The third-order valence-electron chi connectivity index (χ3n) is 5.07. The van der Waals surface area contributed by atoms with E-state index in [4.69, 9.17) is 22.2 Å². The summed E-state index contributed by atoms with van der Waals surface area (Å²) in [5, 5.41) is 8.35. The Balaban J connectivity index is 1.52. The normalized spacial score (nSPS) is 14.3. The van der Waals surface area contributed by atoms with Crippen LogP contribution in [0.25, 0.3) is 32.2 Å². The van der Waals surface area contributed by atoms with Crippen LogP contribution in [-0.2, 0) is 0 Å². The summed E-state index contributed by atoms with van der Waals surface area (Å²) in [6.07, 6.45) is 3.71. The highest BCUT2D eigenvalue weighted by molar-refractivity contribution is 7.80. The Hall–Kier alpha value is -2.35. The number of aromatic nitrogens is 2. The van der Waals surface area contributed by atoms with Gasteiger partial charge in [0.05, 0.1) is 20.8 Å². The first kappa shape index (κ1) is 18.7. The highest BCUT2D eigenvalue weighted by Crippen LogP contribution is 2.35. The number of benzene rings is 1. The minimum absolute atomic E-state index is 0.797. The second-order valence-corrected chi connectivity index (χ2v) is 9.34. The summed E-state index contributed by atoms with van der Waals surface area (Å²) in [5.41, 5.74) is 4.61. The van der Waals surface area contributed by atoms with E-state index < -0.39 is 0 Å². The zero-order valence-corrected chi connectivity index (χ0v) is 18.2. The van der Waals surface area contributed by atoms with Crippen LogP contribution in [0.3, 0.4) is 0 Å².